The largest absolute Gasteiger partial charge is 0.352 e. The molecule has 0 saturated carbocycles. The second kappa shape index (κ2) is 2.86. The van der Waals surface area contributed by atoms with E-state index >= 15 is 0 Å². The standard InChI is InChI=1S/C15H12N2S/c1-16-10-5-3-7-12-15(10)17-13(16)8-9-4-2-6-11(18-12)14(9)17/h2-7,13H,8H2,1H3. The predicted molar refractivity (Wildman–Crippen MR) is 75.0 cm³/mol. The zero-order chi connectivity index (χ0) is 11.9. The minimum Gasteiger partial charge on any atom is -0.352 e. The Hall–Kier alpha value is -1.61. The van der Waals surface area contributed by atoms with Gasteiger partial charge in [0.05, 0.1) is 17.1 Å². The van der Waals surface area contributed by atoms with Gasteiger partial charge in [-0.2, -0.15) is 0 Å². The molecule has 3 heterocycles. The van der Waals surface area contributed by atoms with Crippen LogP contribution in [0.4, 0.5) is 17.1 Å². The van der Waals surface area contributed by atoms with Crippen molar-refractivity contribution < 1.29 is 0 Å². The molecule has 0 bridgehead atoms. The van der Waals surface area contributed by atoms with Gasteiger partial charge in [-0.25, -0.2) is 0 Å². The Morgan fingerprint density at radius 1 is 1.06 bits per heavy atom. The Morgan fingerprint density at radius 2 is 1.83 bits per heavy atom. The Bertz CT molecular complexity index is 695. The molecule has 0 radical (unpaired) electrons. The molecule has 88 valence electrons. The molecule has 5 rings (SSSR count). The van der Waals surface area contributed by atoms with Crippen molar-refractivity contribution in [2.45, 2.75) is 22.4 Å². The predicted octanol–water partition coefficient (Wildman–Crippen LogP) is 3.62. The summed E-state index contributed by atoms with van der Waals surface area (Å²) in [5, 5.41) is 0. The van der Waals surface area contributed by atoms with Crippen molar-refractivity contribution in [2.24, 2.45) is 0 Å². The third kappa shape index (κ3) is 0.872. The minimum atomic E-state index is 0.484. The maximum absolute atomic E-state index is 2.55. The molecule has 1 unspecified atom stereocenters. The van der Waals surface area contributed by atoms with Crippen LogP contribution in [-0.4, -0.2) is 13.2 Å². The van der Waals surface area contributed by atoms with Crippen LogP contribution < -0.4 is 9.80 Å². The molecule has 0 N–H and O–H groups in total. The van der Waals surface area contributed by atoms with Gasteiger partial charge >= 0.3 is 0 Å². The van der Waals surface area contributed by atoms with Crippen molar-refractivity contribution >= 4 is 28.8 Å². The van der Waals surface area contributed by atoms with Gasteiger partial charge in [0.1, 0.15) is 6.17 Å². The quantitative estimate of drug-likeness (QED) is 0.707. The zero-order valence-corrected chi connectivity index (χ0v) is 10.9. The van der Waals surface area contributed by atoms with E-state index in [1.165, 1.54) is 32.4 Å². The summed E-state index contributed by atoms with van der Waals surface area (Å²) in [6, 6.07) is 13.4. The maximum atomic E-state index is 2.55. The lowest BCUT2D eigenvalue weighted by Crippen LogP contribution is -2.36. The summed E-state index contributed by atoms with van der Waals surface area (Å²) < 4.78 is 0. The normalized spacial score (nSPS) is 21.5. The molecule has 0 aliphatic carbocycles. The fourth-order valence-corrected chi connectivity index (χ4v) is 4.65. The van der Waals surface area contributed by atoms with Crippen LogP contribution in [-0.2, 0) is 6.42 Å². The van der Waals surface area contributed by atoms with Gasteiger partial charge in [0, 0.05) is 23.3 Å². The fourth-order valence-electron chi connectivity index (χ4n) is 3.50. The van der Waals surface area contributed by atoms with Gasteiger partial charge in [0.15, 0.2) is 0 Å². The fraction of sp³-hybridized carbons (Fsp3) is 0.200. The van der Waals surface area contributed by atoms with Crippen molar-refractivity contribution in [3.8, 4) is 0 Å². The van der Waals surface area contributed by atoms with Crippen LogP contribution in [0.5, 0.6) is 0 Å². The number of nitrogens with zero attached hydrogens (tertiary/aromatic N) is 2. The molecule has 0 fully saturated rings. The first-order chi connectivity index (χ1) is 8.84. The van der Waals surface area contributed by atoms with Crippen molar-refractivity contribution in [1.82, 2.24) is 0 Å². The van der Waals surface area contributed by atoms with Gasteiger partial charge in [-0.05, 0) is 23.8 Å². The van der Waals surface area contributed by atoms with E-state index in [1.807, 2.05) is 11.8 Å². The molecule has 0 aromatic heterocycles. The molecule has 2 aromatic carbocycles. The summed E-state index contributed by atoms with van der Waals surface area (Å²) in [5.41, 5.74) is 5.76. The SMILES string of the molecule is CN1c2cccc3c2N2c4c(cccc4S3)CC12. The second-order valence-electron chi connectivity index (χ2n) is 5.16. The lowest BCUT2D eigenvalue weighted by Gasteiger charge is -2.28. The van der Waals surface area contributed by atoms with E-state index in [0.717, 1.165) is 6.42 Å². The number of hydrogen-bond donors (Lipinski definition) is 0. The topological polar surface area (TPSA) is 6.48 Å². The number of anilines is 3. The van der Waals surface area contributed by atoms with Gasteiger partial charge in [-0.3, -0.25) is 0 Å². The van der Waals surface area contributed by atoms with Gasteiger partial charge in [0.25, 0.3) is 0 Å². The van der Waals surface area contributed by atoms with Gasteiger partial charge in [-0.15, -0.1) is 0 Å². The summed E-state index contributed by atoms with van der Waals surface area (Å²) in [5.74, 6) is 0. The van der Waals surface area contributed by atoms with Crippen molar-refractivity contribution in [3.63, 3.8) is 0 Å². The number of benzene rings is 2. The van der Waals surface area contributed by atoms with E-state index in [4.69, 9.17) is 0 Å². The Labute approximate surface area is 110 Å². The molecule has 2 aromatic rings. The number of hydrogen-bond acceptors (Lipinski definition) is 3. The highest BCUT2D eigenvalue weighted by Crippen LogP contribution is 2.60. The molecular formula is C15H12N2S. The zero-order valence-electron chi connectivity index (χ0n) is 10.1. The Morgan fingerprint density at radius 3 is 2.72 bits per heavy atom. The minimum absolute atomic E-state index is 0.484. The van der Waals surface area contributed by atoms with Crippen LogP contribution in [0.2, 0.25) is 0 Å². The summed E-state index contributed by atoms with van der Waals surface area (Å²) in [7, 11) is 2.22. The molecule has 0 amide bonds. The van der Waals surface area contributed by atoms with Crippen molar-refractivity contribution in [3.05, 3.63) is 42.0 Å². The maximum Gasteiger partial charge on any atom is 0.110 e. The first-order valence-corrected chi connectivity index (χ1v) is 7.11. The lowest BCUT2D eigenvalue weighted by molar-refractivity contribution is 0.701. The molecule has 3 aliphatic heterocycles. The van der Waals surface area contributed by atoms with Crippen LogP contribution >= 0.6 is 11.8 Å². The summed E-state index contributed by atoms with van der Waals surface area (Å²) in [4.78, 5) is 7.78. The van der Waals surface area contributed by atoms with Crippen LogP contribution in [0, 0.1) is 0 Å². The number of likely N-dealkylation sites (N-methyl/N-ethyl adjacent to an activating group) is 1. The Kier molecular flexibility index (Phi) is 1.48. The molecule has 0 spiro atoms. The van der Waals surface area contributed by atoms with Crippen LogP contribution in [0.1, 0.15) is 5.56 Å². The smallest absolute Gasteiger partial charge is 0.110 e. The molecule has 3 aliphatic rings. The molecule has 0 saturated heterocycles. The average molecular weight is 252 g/mol. The average Bonchev–Trinajstić information content (AvgIpc) is 2.90. The highest BCUT2D eigenvalue weighted by Gasteiger charge is 2.45. The Balaban J connectivity index is 1.91. The second-order valence-corrected chi connectivity index (χ2v) is 6.24. The number of para-hydroxylation sites is 2. The molecule has 1 atom stereocenters. The molecule has 3 heteroatoms. The third-order valence-corrected chi connectivity index (χ3v) is 5.39. The van der Waals surface area contributed by atoms with E-state index < -0.39 is 0 Å². The van der Waals surface area contributed by atoms with Gasteiger partial charge in [-0.1, -0.05) is 30.0 Å². The first kappa shape index (κ1) is 9.34. The summed E-state index contributed by atoms with van der Waals surface area (Å²) in [6.07, 6.45) is 1.62. The van der Waals surface area contributed by atoms with E-state index in [-0.39, 0.29) is 0 Å². The van der Waals surface area contributed by atoms with Crippen molar-refractivity contribution in [2.75, 3.05) is 16.8 Å². The van der Waals surface area contributed by atoms with E-state index in [0.29, 0.717) is 6.17 Å². The first-order valence-electron chi connectivity index (χ1n) is 6.29. The third-order valence-electron chi connectivity index (χ3n) is 4.29. The van der Waals surface area contributed by atoms with Gasteiger partial charge < -0.3 is 9.80 Å². The monoisotopic (exact) mass is 252 g/mol. The summed E-state index contributed by atoms with van der Waals surface area (Å²) in [6.45, 7) is 0. The molecule has 18 heavy (non-hydrogen) atoms. The van der Waals surface area contributed by atoms with Crippen LogP contribution in [0.3, 0.4) is 0 Å². The molecule has 2 nitrogen and oxygen atoms in total. The summed E-state index contributed by atoms with van der Waals surface area (Å²) >= 11 is 1.91. The highest BCUT2D eigenvalue weighted by atomic mass is 32.2. The van der Waals surface area contributed by atoms with E-state index in [2.05, 4.69) is 53.2 Å². The van der Waals surface area contributed by atoms with E-state index in [1.54, 1.807) is 0 Å². The lowest BCUT2D eigenvalue weighted by atomic mass is 10.1. The molecular weight excluding hydrogens is 240 g/mol. The van der Waals surface area contributed by atoms with E-state index in [9.17, 15) is 0 Å². The highest BCUT2D eigenvalue weighted by molar-refractivity contribution is 7.99. The number of rotatable bonds is 0. The van der Waals surface area contributed by atoms with Crippen molar-refractivity contribution in [1.29, 1.82) is 0 Å². The van der Waals surface area contributed by atoms with Crippen LogP contribution in [0.25, 0.3) is 0 Å². The van der Waals surface area contributed by atoms with Gasteiger partial charge in [0.2, 0.25) is 0 Å². The van der Waals surface area contributed by atoms with Crippen LogP contribution in [0.15, 0.2) is 46.2 Å².